The summed E-state index contributed by atoms with van der Waals surface area (Å²) in [4.78, 5) is 45.5. The maximum absolute atomic E-state index is 14.1. The van der Waals surface area contributed by atoms with E-state index in [-0.39, 0.29) is 34.4 Å². The smallest absolute Gasteiger partial charge is 0.268 e. The van der Waals surface area contributed by atoms with Crippen molar-refractivity contribution in [2.24, 2.45) is 5.92 Å². The molecule has 2 fully saturated rings. The molecule has 0 spiro atoms. The number of halogens is 1. The Bertz CT molecular complexity index is 2140. The van der Waals surface area contributed by atoms with Crippen LogP contribution in [-0.2, 0) is 11.3 Å². The van der Waals surface area contributed by atoms with E-state index >= 15 is 0 Å². The number of ether oxygens (including phenoxy) is 1. The molecule has 0 bridgehead atoms. The Balaban J connectivity index is 1.18. The topological polar surface area (TPSA) is 184 Å². The minimum atomic E-state index is -0.742. The molecule has 5 aromatic rings. The predicted octanol–water partition coefficient (Wildman–Crippen LogP) is 3.92. The van der Waals surface area contributed by atoms with Crippen LogP contribution in [0.1, 0.15) is 52.6 Å². The van der Waals surface area contributed by atoms with Gasteiger partial charge in [-0.05, 0) is 80.6 Å². The van der Waals surface area contributed by atoms with E-state index in [9.17, 15) is 18.8 Å². The fourth-order valence-corrected chi connectivity index (χ4v) is 6.75. The van der Waals surface area contributed by atoms with Crippen molar-refractivity contribution in [3.63, 3.8) is 0 Å². The quantitative estimate of drug-likeness (QED) is 0.175. The molecule has 268 valence electrons. The Hall–Kier alpha value is -5.80. The third-order valence-electron chi connectivity index (χ3n) is 9.61. The lowest BCUT2D eigenvalue weighted by atomic mass is 9.97. The summed E-state index contributed by atoms with van der Waals surface area (Å²) in [7, 11) is 1.47. The van der Waals surface area contributed by atoms with Crippen molar-refractivity contribution in [2.75, 3.05) is 44.4 Å². The van der Waals surface area contributed by atoms with Crippen LogP contribution in [0.2, 0.25) is 0 Å². The molecule has 14 nitrogen and oxygen atoms in total. The second-order valence-corrected chi connectivity index (χ2v) is 13.0. The fourth-order valence-electron chi connectivity index (χ4n) is 6.75. The zero-order valence-corrected chi connectivity index (χ0v) is 28.6. The molecule has 0 aliphatic carbocycles. The van der Waals surface area contributed by atoms with Crippen LogP contribution in [-0.4, -0.2) is 74.7 Å². The van der Waals surface area contributed by atoms with E-state index in [4.69, 9.17) is 10.5 Å². The normalized spacial score (nSPS) is 15.3. The molecule has 15 heteroatoms. The van der Waals surface area contributed by atoms with Gasteiger partial charge in [-0.25, -0.2) is 9.37 Å². The third-order valence-corrected chi connectivity index (χ3v) is 9.61. The maximum atomic E-state index is 14.1. The molecule has 2 aliphatic heterocycles. The first-order chi connectivity index (χ1) is 25.3. The molecule has 7 rings (SSSR count). The zero-order chi connectivity index (χ0) is 36.2. The zero-order valence-electron chi connectivity index (χ0n) is 28.6. The van der Waals surface area contributed by atoms with Crippen LogP contribution in [0.3, 0.4) is 0 Å². The Morgan fingerprint density at radius 2 is 1.73 bits per heavy atom. The predicted molar refractivity (Wildman–Crippen MR) is 193 cm³/mol. The molecule has 6 heterocycles. The molecule has 1 aromatic carbocycles. The molecule has 52 heavy (non-hydrogen) atoms. The van der Waals surface area contributed by atoms with Gasteiger partial charge in [-0.1, -0.05) is 12.1 Å². The second-order valence-electron chi connectivity index (χ2n) is 13.0. The lowest BCUT2D eigenvalue weighted by Crippen LogP contribution is -2.33. The highest BCUT2D eigenvalue weighted by molar-refractivity contribution is 6.06. The number of benzene rings is 1. The Kier molecular flexibility index (Phi) is 10.1. The van der Waals surface area contributed by atoms with Gasteiger partial charge in [0.15, 0.2) is 5.82 Å². The van der Waals surface area contributed by atoms with Gasteiger partial charge in [0.1, 0.15) is 22.9 Å². The number of nitrogens with zero attached hydrogens (tertiary/aromatic N) is 6. The number of nitrogens with two attached hydrogens (primary N) is 1. The molecule has 0 atom stereocenters. The molecule has 0 unspecified atom stereocenters. The van der Waals surface area contributed by atoms with Crippen molar-refractivity contribution in [1.29, 1.82) is 0 Å². The van der Waals surface area contributed by atoms with Crippen LogP contribution in [0, 0.1) is 11.7 Å². The highest BCUT2D eigenvalue weighted by Gasteiger charge is 2.27. The lowest BCUT2D eigenvalue weighted by Gasteiger charge is -2.26. The van der Waals surface area contributed by atoms with E-state index in [1.54, 1.807) is 22.9 Å². The van der Waals surface area contributed by atoms with Crippen molar-refractivity contribution in [3.8, 4) is 33.5 Å². The summed E-state index contributed by atoms with van der Waals surface area (Å²) in [6.45, 7) is 3.42. The number of amides is 2. The van der Waals surface area contributed by atoms with Crippen molar-refractivity contribution in [3.05, 3.63) is 94.5 Å². The Labute approximate surface area is 298 Å². The number of anilines is 2. The molecular weight excluding hydrogens is 667 g/mol. The molecule has 4 aromatic heterocycles. The summed E-state index contributed by atoms with van der Waals surface area (Å²) in [5.41, 5.74) is 8.44. The molecule has 2 aliphatic rings. The van der Waals surface area contributed by atoms with E-state index in [1.165, 1.54) is 37.5 Å². The van der Waals surface area contributed by atoms with Crippen molar-refractivity contribution >= 4 is 23.5 Å². The summed E-state index contributed by atoms with van der Waals surface area (Å²) >= 11 is 0. The second kappa shape index (κ2) is 15.2. The minimum absolute atomic E-state index is 0.00959. The van der Waals surface area contributed by atoms with Gasteiger partial charge in [-0.2, -0.15) is 5.10 Å². The van der Waals surface area contributed by atoms with Crippen LogP contribution >= 0.6 is 0 Å². The Morgan fingerprint density at radius 3 is 2.44 bits per heavy atom. The summed E-state index contributed by atoms with van der Waals surface area (Å²) in [5.74, 6) is -1.26. The van der Waals surface area contributed by atoms with Crippen LogP contribution < -0.4 is 27.1 Å². The molecule has 5 N–H and O–H groups in total. The number of carbonyl (C=O) groups excluding carboxylic acids is 2. The van der Waals surface area contributed by atoms with E-state index in [0.717, 1.165) is 49.9 Å². The number of piperidine rings is 1. The SMILES string of the molecule is CNC(=O)c1c(-c2ccc(F)cc2)c(=O)c(C(=O)Nc2ccc(-c3cc(-c4cnn(C5CCNCC5)c4)cnc3N)nn2)cn1CC1CCOCC1. The first kappa shape index (κ1) is 34.6. The summed E-state index contributed by atoms with van der Waals surface area (Å²) in [6.07, 6.45) is 10.4. The summed E-state index contributed by atoms with van der Waals surface area (Å²) in [5, 5.41) is 21.8. The molecule has 0 radical (unpaired) electrons. The number of rotatable bonds is 9. The maximum Gasteiger partial charge on any atom is 0.268 e. The van der Waals surface area contributed by atoms with Crippen LogP contribution in [0.5, 0.6) is 0 Å². The number of carbonyl (C=O) groups is 2. The number of hydrogen-bond donors (Lipinski definition) is 4. The van der Waals surface area contributed by atoms with Crippen LogP contribution in [0.15, 0.2) is 72.0 Å². The van der Waals surface area contributed by atoms with Crippen LogP contribution in [0.25, 0.3) is 33.5 Å². The number of pyridine rings is 2. The average Bonchev–Trinajstić information content (AvgIpc) is 3.67. The minimum Gasteiger partial charge on any atom is -0.383 e. The first-order valence-corrected chi connectivity index (χ1v) is 17.3. The standard InChI is InChI=1S/C37H39FN10O4/c1-40-37(51)33-32(23-2-4-26(38)5-3-23)34(49)29(21-47(33)19-22-10-14-52-15-11-22)36(50)44-31-7-6-30(45-46-31)28-16-24(17-42-35(28)39)25-18-43-48(20-25)27-8-12-41-13-9-27/h2-7,16-18,20-22,27,41H,8-15,19H2,1H3,(H2,39,42)(H,40,51)(H,44,46,50). The number of hydrogen-bond acceptors (Lipinski definition) is 10. The van der Waals surface area contributed by atoms with E-state index < -0.39 is 23.1 Å². The van der Waals surface area contributed by atoms with E-state index in [2.05, 4.69) is 36.2 Å². The number of aromatic nitrogens is 6. The molecule has 2 saturated heterocycles. The monoisotopic (exact) mass is 706 g/mol. The largest absolute Gasteiger partial charge is 0.383 e. The molecular formula is C37H39FN10O4. The van der Waals surface area contributed by atoms with Gasteiger partial charge < -0.3 is 31.0 Å². The highest BCUT2D eigenvalue weighted by atomic mass is 19.1. The number of nitrogens with one attached hydrogen (secondary N) is 3. The van der Waals surface area contributed by atoms with Gasteiger partial charge in [0.25, 0.3) is 11.8 Å². The van der Waals surface area contributed by atoms with Gasteiger partial charge in [-0.15, -0.1) is 10.2 Å². The Morgan fingerprint density at radius 1 is 0.962 bits per heavy atom. The van der Waals surface area contributed by atoms with Crippen molar-refractivity contribution in [1.82, 2.24) is 40.2 Å². The molecule has 0 saturated carbocycles. The highest BCUT2D eigenvalue weighted by Crippen LogP contribution is 2.30. The van der Waals surface area contributed by atoms with Gasteiger partial charge in [0, 0.05) is 62.1 Å². The van der Waals surface area contributed by atoms with Crippen molar-refractivity contribution in [2.45, 2.75) is 38.3 Å². The average molecular weight is 707 g/mol. The van der Waals surface area contributed by atoms with Crippen LogP contribution in [0.4, 0.5) is 16.0 Å². The van der Waals surface area contributed by atoms with Crippen molar-refractivity contribution < 1.29 is 18.7 Å². The van der Waals surface area contributed by atoms with E-state index in [0.29, 0.717) is 42.6 Å². The first-order valence-electron chi connectivity index (χ1n) is 17.3. The van der Waals surface area contributed by atoms with Gasteiger partial charge in [0.2, 0.25) is 5.43 Å². The van der Waals surface area contributed by atoms with Gasteiger partial charge in [0.05, 0.1) is 23.5 Å². The summed E-state index contributed by atoms with van der Waals surface area (Å²) < 4.78 is 23.1. The van der Waals surface area contributed by atoms with E-state index in [1.807, 2.05) is 23.1 Å². The van der Waals surface area contributed by atoms with Gasteiger partial charge >= 0.3 is 0 Å². The van der Waals surface area contributed by atoms with Gasteiger partial charge in [-0.3, -0.25) is 19.1 Å². The lowest BCUT2D eigenvalue weighted by molar-refractivity contribution is 0.0607. The summed E-state index contributed by atoms with van der Waals surface area (Å²) in [6, 6.07) is 10.7. The fraction of sp³-hybridized carbons (Fsp3) is 0.324. The number of nitrogen functional groups attached to an aromatic ring is 1. The third kappa shape index (κ3) is 7.31. The molecule has 2 amide bonds.